The zero-order valence-electron chi connectivity index (χ0n) is 14.4. The number of likely N-dealkylation sites (tertiary alicyclic amines) is 1. The van der Waals surface area contributed by atoms with E-state index in [0.717, 1.165) is 0 Å². The lowest BCUT2D eigenvalue weighted by atomic mass is 9.89. The molecule has 0 atom stereocenters. The summed E-state index contributed by atoms with van der Waals surface area (Å²) in [5.74, 6) is -0.445. The molecule has 1 aliphatic rings. The van der Waals surface area contributed by atoms with Gasteiger partial charge in [-0.25, -0.2) is 4.79 Å². The number of rotatable bonds is 4. The molecule has 1 amide bonds. The van der Waals surface area contributed by atoms with Crippen LogP contribution in [0.4, 0.5) is 4.79 Å². The number of hydrogen-bond acceptors (Lipinski definition) is 5. The van der Waals surface area contributed by atoms with E-state index in [9.17, 15) is 14.4 Å². The summed E-state index contributed by atoms with van der Waals surface area (Å²) in [6.45, 7) is 6.43. The summed E-state index contributed by atoms with van der Waals surface area (Å²) in [4.78, 5) is 41.9. The lowest BCUT2D eigenvalue weighted by molar-refractivity contribution is -0.123. The highest BCUT2D eigenvalue weighted by atomic mass is 16.6. The molecule has 6 heteroatoms. The fourth-order valence-corrected chi connectivity index (χ4v) is 2.64. The molecule has 0 aliphatic carbocycles. The van der Waals surface area contributed by atoms with Gasteiger partial charge in [-0.05, 0) is 45.7 Å². The number of hydrogen-bond donors (Lipinski definition) is 0. The molecule has 2 heterocycles. The van der Waals surface area contributed by atoms with Gasteiger partial charge in [0.2, 0.25) is 0 Å². The molecule has 24 heavy (non-hydrogen) atoms. The van der Waals surface area contributed by atoms with Crippen molar-refractivity contribution < 1.29 is 19.1 Å². The molecule has 1 saturated heterocycles. The van der Waals surface area contributed by atoms with Crippen LogP contribution >= 0.6 is 0 Å². The molecule has 0 aromatic carbocycles. The molecule has 0 bridgehead atoms. The first kappa shape index (κ1) is 18.1. The van der Waals surface area contributed by atoms with E-state index in [-0.39, 0.29) is 30.0 Å². The van der Waals surface area contributed by atoms with E-state index in [1.165, 1.54) is 6.20 Å². The molecule has 0 unspecified atom stereocenters. The molecule has 1 fully saturated rings. The van der Waals surface area contributed by atoms with Gasteiger partial charge in [0.05, 0.1) is 6.42 Å². The Labute approximate surface area is 142 Å². The van der Waals surface area contributed by atoms with Crippen LogP contribution in [-0.2, 0) is 9.53 Å². The Bertz CT molecular complexity index is 599. The summed E-state index contributed by atoms with van der Waals surface area (Å²) < 4.78 is 5.34. The molecule has 1 aromatic heterocycles. The van der Waals surface area contributed by atoms with E-state index >= 15 is 0 Å². The van der Waals surface area contributed by atoms with E-state index in [1.807, 2.05) is 20.8 Å². The second kappa shape index (κ2) is 7.55. The highest BCUT2D eigenvalue weighted by Crippen LogP contribution is 2.22. The van der Waals surface area contributed by atoms with Crippen LogP contribution in [0.3, 0.4) is 0 Å². The van der Waals surface area contributed by atoms with Crippen LogP contribution in [0.2, 0.25) is 0 Å². The maximum Gasteiger partial charge on any atom is 0.410 e. The molecule has 1 aromatic rings. The average Bonchev–Trinajstić information content (AvgIpc) is 2.54. The van der Waals surface area contributed by atoms with Crippen molar-refractivity contribution in [2.45, 2.75) is 45.6 Å². The van der Waals surface area contributed by atoms with Crippen LogP contribution < -0.4 is 0 Å². The number of carbonyl (C=O) groups is 3. The number of carbonyl (C=O) groups excluding carboxylic acids is 3. The summed E-state index contributed by atoms with van der Waals surface area (Å²) in [5.41, 5.74) is -0.0723. The van der Waals surface area contributed by atoms with Gasteiger partial charge in [0, 0.05) is 37.0 Å². The van der Waals surface area contributed by atoms with E-state index in [1.54, 1.807) is 23.2 Å². The Balaban J connectivity index is 1.82. The van der Waals surface area contributed by atoms with Gasteiger partial charge in [0.25, 0.3) is 0 Å². The monoisotopic (exact) mass is 332 g/mol. The second-order valence-electron chi connectivity index (χ2n) is 7.05. The normalized spacial score (nSPS) is 15.9. The fourth-order valence-electron chi connectivity index (χ4n) is 2.64. The summed E-state index contributed by atoms with van der Waals surface area (Å²) in [7, 11) is 0. The number of amides is 1. The van der Waals surface area contributed by atoms with Gasteiger partial charge < -0.3 is 9.64 Å². The van der Waals surface area contributed by atoms with Crippen molar-refractivity contribution in [1.29, 1.82) is 0 Å². The van der Waals surface area contributed by atoms with Crippen molar-refractivity contribution in [2.75, 3.05) is 13.1 Å². The summed E-state index contributed by atoms with van der Waals surface area (Å²) in [6.07, 6.45) is 3.74. The van der Waals surface area contributed by atoms with Crippen molar-refractivity contribution >= 4 is 17.7 Å². The van der Waals surface area contributed by atoms with Crippen LogP contribution in [0, 0.1) is 5.92 Å². The van der Waals surface area contributed by atoms with Crippen LogP contribution in [0.5, 0.6) is 0 Å². The van der Waals surface area contributed by atoms with Gasteiger partial charge in [-0.15, -0.1) is 0 Å². The van der Waals surface area contributed by atoms with E-state index in [0.29, 0.717) is 31.5 Å². The molecule has 130 valence electrons. The van der Waals surface area contributed by atoms with Crippen LogP contribution in [0.25, 0.3) is 0 Å². The number of ketones is 2. The molecule has 0 radical (unpaired) electrons. The highest BCUT2D eigenvalue weighted by molar-refractivity contribution is 6.08. The SMILES string of the molecule is CC(C)(C)OC(=O)N1CCC(C(=O)CC(=O)c2cccnc2)CC1. The van der Waals surface area contributed by atoms with Gasteiger partial charge in [-0.2, -0.15) is 0 Å². The molecule has 0 saturated carbocycles. The number of Topliss-reactive ketones (excluding diaryl/α,β-unsaturated/α-hetero) is 2. The van der Waals surface area contributed by atoms with Gasteiger partial charge >= 0.3 is 6.09 Å². The maximum atomic E-state index is 12.3. The minimum absolute atomic E-state index is 0.0623. The third-order valence-electron chi connectivity index (χ3n) is 3.92. The molecule has 0 spiro atoms. The third-order valence-corrected chi connectivity index (χ3v) is 3.92. The number of nitrogens with zero attached hydrogens (tertiary/aromatic N) is 2. The Hall–Kier alpha value is -2.24. The largest absolute Gasteiger partial charge is 0.444 e. The van der Waals surface area contributed by atoms with E-state index in [4.69, 9.17) is 4.74 Å². The summed E-state index contributed by atoms with van der Waals surface area (Å²) in [6, 6.07) is 3.34. The molecule has 0 N–H and O–H groups in total. The second-order valence-corrected chi connectivity index (χ2v) is 7.05. The predicted octanol–water partition coefficient (Wildman–Crippen LogP) is 2.87. The number of ether oxygens (including phenoxy) is 1. The summed E-state index contributed by atoms with van der Waals surface area (Å²) in [5, 5.41) is 0. The molecular formula is C18H24N2O4. The van der Waals surface area contributed by atoms with Crippen molar-refractivity contribution in [1.82, 2.24) is 9.88 Å². The fraction of sp³-hybridized carbons (Fsp3) is 0.556. The Morgan fingerprint density at radius 1 is 1.25 bits per heavy atom. The number of piperidine rings is 1. The van der Waals surface area contributed by atoms with Crippen molar-refractivity contribution in [2.24, 2.45) is 5.92 Å². The Kier molecular flexibility index (Phi) is 5.70. The highest BCUT2D eigenvalue weighted by Gasteiger charge is 2.30. The number of aromatic nitrogens is 1. The number of pyridine rings is 1. The first-order valence-electron chi connectivity index (χ1n) is 8.20. The zero-order chi connectivity index (χ0) is 17.7. The smallest absolute Gasteiger partial charge is 0.410 e. The molecule has 2 rings (SSSR count). The van der Waals surface area contributed by atoms with Crippen molar-refractivity contribution in [3.05, 3.63) is 30.1 Å². The van der Waals surface area contributed by atoms with Crippen LogP contribution in [-0.4, -0.2) is 46.2 Å². The van der Waals surface area contributed by atoms with Crippen molar-refractivity contribution in [3.63, 3.8) is 0 Å². The van der Waals surface area contributed by atoms with E-state index < -0.39 is 5.60 Å². The van der Waals surface area contributed by atoms with Crippen LogP contribution in [0.15, 0.2) is 24.5 Å². The maximum absolute atomic E-state index is 12.3. The predicted molar refractivity (Wildman–Crippen MR) is 88.7 cm³/mol. The van der Waals surface area contributed by atoms with Crippen molar-refractivity contribution in [3.8, 4) is 0 Å². The van der Waals surface area contributed by atoms with E-state index in [2.05, 4.69) is 4.98 Å². The zero-order valence-corrected chi connectivity index (χ0v) is 14.4. The minimum atomic E-state index is -0.528. The third kappa shape index (κ3) is 5.15. The quantitative estimate of drug-likeness (QED) is 0.626. The Morgan fingerprint density at radius 2 is 1.92 bits per heavy atom. The summed E-state index contributed by atoms with van der Waals surface area (Å²) >= 11 is 0. The minimum Gasteiger partial charge on any atom is -0.444 e. The van der Waals surface area contributed by atoms with Crippen LogP contribution in [0.1, 0.15) is 50.4 Å². The lowest BCUT2D eigenvalue weighted by Gasteiger charge is -2.32. The van der Waals surface area contributed by atoms with Gasteiger partial charge in [0.1, 0.15) is 11.4 Å². The first-order chi connectivity index (χ1) is 11.3. The topological polar surface area (TPSA) is 76.6 Å². The lowest BCUT2D eigenvalue weighted by Crippen LogP contribution is -2.43. The molecule has 1 aliphatic heterocycles. The standard InChI is InChI=1S/C18H24N2O4/c1-18(2,3)24-17(23)20-9-6-13(7-10-20)15(21)11-16(22)14-5-4-8-19-12-14/h4-5,8,12-13H,6-7,9-11H2,1-3H3. The average molecular weight is 332 g/mol. The first-order valence-corrected chi connectivity index (χ1v) is 8.20. The molecular weight excluding hydrogens is 308 g/mol. The molecule has 6 nitrogen and oxygen atoms in total. The van der Waals surface area contributed by atoms with Gasteiger partial charge in [-0.1, -0.05) is 0 Å². The Morgan fingerprint density at radius 3 is 2.46 bits per heavy atom. The van der Waals surface area contributed by atoms with Gasteiger partial charge in [0.15, 0.2) is 5.78 Å². The van der Waals surface area contributed by atoms with Gasteiger partial charge in [-0.3, -0.25) is 14.6 Å².